The van der Waals surface area contributed by atoms with E-state index in [1.807, 2.05) is 0 Å². The average molecular weight is 262 g/mol. The van der Waals surface area contributed by atoms with E-state index in [0.29, 0.717) is 12.2 Å². The molecule has 17 heavy (non-hydrogen) atoms. The van der Waals surface area contributed by atoms with E-state index in [9.17, 15) is 14.4 Å². The molecule has 0 aliphatic rings. The number of carbonyl (C=O) groups is 3. The van der Waals surface area contributed by atoms with Gasteiger partial charge in [0.15, 0.2) is 0 Å². The highest BCUT2D eigenvalue weighted by Crippen LogP contribution is 2.07. The number of rotatable bonds is 8. The Kier molecular flexibility index (Phi) is 7.36. The summed E-state index contributed by atoms with van der Waals surface area (Å²) in [4.78, 5) is 34.1. The van der Waals surface area contributed by atoms with Crippen LogP contribution in [0.15, 0.2) is 0 Å². The van der Waals surface area contributed by atoms with Crippen molar-refractivity contribution in [3.8, 4) is 0 Å². The Bertz CT molecular complexity index is 296. The summed E-state index contributed by atoms with van der Waals surface area (Å²) in [5, 5.41) is 8.88. The zero-order valence-corrected chi connectivity index (χ0v) is 10.8. The van der Waals surface area contributed by atoms with E-state index in [1.54, 1.807) is 6.92 Å². The summed E-state index contributed by atoms with van der Waals surface area (Å²) >= 11 is 1.27. The quantitative estimate of drug-likeness (QED) is 0.596. The standard InChI is InChI=1S/C10H18N2O4S/c1-3-7(10(15)16)12(2)9(14)4-5-17-6-8(11)13/h7H,3-6H2,1-2H3,(H2,11,13)(H,15,16). The molecule has 1 unspecified atom stereocenters. The van der Waals surface area contributed by atoms with Crippen molar-refractivity contribution in [2.24, 2.45) is 5.73 Å². The van der Waals surface area contributed by atoms with Gasteiger partial charge in [0.05, 0.1) is 5.75 Å². The first kappa shape index (κ1) is 15.8. The molecule has 1 atom stereocenters. The topological polar surface area (TPSA) is 101 Å². The van der Waals surface area contributed by atoms with Crippen LogP contribution in [0.3, 0.4) is 0 Å². The number of primary amides is 1. The number of likely N-dealkylation sites (N-methyl/N-ethyl adjacent to an activating group) is 1. The minimum atomic E-state index is -1.01. The third-order valence-corrected chi connectivity index (χ3v) is 3.22. The third-order valence-electron chi connectivity index (χ3n) is 2.24. The molecule has 0 aromatic rings. The molecule has 0 saturated carbocycles. The molecule has 98 valence electrons. The number of carboxylic acid groups (broad SMARTS) is 1. The van der Waals surface area contributed by atoms with Crippen LogP contribution in [0.25, 0.3) is 0 Å². The second kappa shape index (κ2) is 7.94. The Hall–Kier alpha value is -1.24. The predicted octanol–water partition coefficient (Wildman–Crippen LogP) is -0.0834. The summed E-state index contributed by atoms with van der Waals surface area (Å²) in [5.41, 5.74) is 4.95. The largest absolute Gasteiger partial charge is 0.480 e. The molecule has 0 aromatic heterocycles. The van der Waals surface area contributed by atoms with Gasteiger partial charge in [-0.3, -0.25) is 9.59 Å². The Balaban J connectivity index is 4.04. The number of amides is 2. The molecule has 0 saturated heterocycles. The maximum absolute atomic E-state index is 11.6. The molecule has 0 fully saturated rings. The van der Waals surface area contributed by atoms with Gasteiger partial charge in [0.25, 0.3) is 0 Å². The van der Waals surface area contributed by atoms with Gasteiger partial charge < -0.3 is 15.7 Å². The zero-order chi connectivity index (χ0) is 13.4. The lowest BCUT2D eigenvalue weighted by atomic mass is 10.2. The first-order chi connectivity index (χ1) is 7.90. The average Bonchev–Trinajstić information content (AvgIpc) is 2.24. The molecule has 0 spiro atoms. The molecule has 7 heteroatoms. The molecule has 0 rings (SSSR count). The zero-order valence-electron chi connectivity index (χ0n) is 10.0. The van der Waals surface area contributed by atoms with Crippen molar-refractivity contribution in [3.63, 3.8) is 0 Å². The number of hydrogen-bond donors (Lipinski definition) is 2. The highest BCUT2D eigenvalue weighted by Gasteiger charge is 2.24. The van der Waals surface area contributed by atoms with Crippen LogP contribution in [0.2, 0.25) is 0 Å². The van der Waals surface area contributed by atoms with Crippen molar-refractivity contribution in [1.29, 1.82) is 0 Å². The van der Waals surface area contributed by atoms with Crippen LogP contribution in [0.4, 0.5) is 0 Å². The van der Waals surface area contributed by atoms with E-state index in [2.05, 4.69) is 0 Å². The molecule has 0 aliphatic heterocycles. The molecular formula is C10H18N2O4S. The maximum Gasteiger partial charge on any atom is 0.326 e. The summed E-state index contributed by atoms with van der Waals surface area (Å²) in [6, 6.07) is -0.788. The Morgan fingerprint density at radius 1 is 1.41 bits per heavy atom. The Labute approximate surface area is 105 Å². The lowest BCUT2D eigenvalue weighted by Gasteiger charge is -2.23. The van der Waals surface area contributed by atoms with Gasteiger partial charge in [0.1, 0.15) is 6.04 Å². The van der Waals surface area contributed by atoms with Crippen LogP contribution >= 0.6 is 11.8 Å². The third kappa shape index (κ3) is 6.15. The van der Waals surface area contributed by atoms with E-state index in [0.717, 1.165) is 0 Å². The normalized spacial score (nSPS) is 11.9. The molecule has 0 heterocycles. The molecule has 6 nitrogen and oxygen atoms in total. The number of carboxylic acids is 1. The summed E-state index contributed by atoms with van der Waals surface area (Å²) in [6.07, 6.45) is 0.574. The van der Waals surface area contributed by atoms with Gasteiger partial charge >= 0.3 is 5.97 Å². The number of thioether (sulfide) groups is 1. The molecule has 0 radical (unpaired) electrons. The summed E-state index contributed by atoms with van der Waals surface area (Å²) in [5.74, 6) is -1.04. The lowest BCUT2D eigenvalue weighted by molar-refractivity contribution is -0.149. The predicted molar refractivity (Wildman–Crippen MR) is 65.6 cm³/mol. The second-order valence-corrected chi connectivity index (χ2v) is 4.64. The minimum absolute atomic E-state index is 0.174. The van der Waals surface area contributed by atoms with Crippen molar-refractivity contribution >= 4 is 29.5 Å². The van der Waals surface area contributed by atoms with Crippen molar-refractivity contribution in [2.75, 3.05) is 18.6 Å². The first-order valence-electron chi connectivity index (χ1n) is 5.24. The van der Waals surface area contributed by atoms with Crippen molar-refractivity contribution in [3.05, 3.63) is 0 Å². The van der Waals surface area contributed by atoms with Crippen molar-refractivity contribution < 1.29 is 19.5 Å². The Morgan fingerprint density at radius 2 is 2.00 bits per heavy atom. The van der Waals surface area contributed by atoms with Crippen LogP contribution in [0.5, 0.6) is 0 Å². The molecule has 3 N–H and O–H groups in total. The summed E-state index contributed by atoms with van der Waals surface area (Å²) in [6.45, 7) is 1.71. The van der Waals surface area contributed by atoms with Gasteiger partial charge in [0, 0.05) is 19.2 Å². The highest BCUT2D eigenvalue weighted by atomic mass is 32.2. The fourth-order valence-electron chi connectivity index (χ4n) is 1.30. The SMILES string of the molecule is CCC(C(=O)O)N(C)C(=O)CCSCC(N)=O. The van der Waals surface area contributed by atoms with E-state index in [4.69, 9.17) is 10.8 Å². The van der Waals surface area contributed by atoms with Crippen LogP contribution in [0.1, 0.15) is 19.8 Å². The maximum atomic E-state index is 11.6. The van der Waals surface area contributed by atoms with Crippen LogP contribution in [-0.4, -0.2) is 52.4 Å². The van der Waals surface area contributed by atoms with Crippen LogP contribution in [-0.2, 0) is 14.4 Å². The van der Waals surface area contributed by atoms with E-state index in [1.165, 1.54) is 23.7 Å². The minimum Gasteiger partial charge on any atom is -0.480 e. The molecule has 0 aliphatic carbocycles. The fourth-order valence-corrected chi connectivity index (χ4v) is 1.96. The van der Waals surface area contributed by atoms with Gasteiger partial charge in [-0.1, -0.05) is 6.92 Å². The Morgan fingerprint density at radius 3 is 2.41 bits per heavy atom. The smallest absolute Gasteiger partial charge is 0.326 e. The molecule has 0 aromatic carbocycles. The summed E-state index contributed by atoms with van der Waals surface area (Å²) in [7, 11) is 1.48. The lowest BCUT2D eigenvalue weighted by Crippen LogP contribution is -2.42. The van der Waals surface area contributed by atoms with Crippen molar-refractivity contribution in [2.45, 2.75) is 25.8 Å². The first-order valence-corrected chi connectivity index (χ1v) is 6.40. The molecule has 0 bridgehead atoms. The second-order valence-electron chi connectivity index (χ2n) is 3.54. The van der Waals surface area contributed by atoms with E-state index < -0.39 is 17.9 Å². The highest BCUT2D eigenvalue weighted by molar-refractivity contribution is 7.99. The number of aliphatic carboxylic acids is 1. The fraction of sp³-hybridized carbons (Fsp3) is 0.700. The van der Waals surface area contributed by atoms with E-state index in [-0.39, 0.29) is 18.1 Å². The van der Waals surface area contributed by atoms with Gasteiger partial charge in [-0.05, 0) is 6.42 Å². The molecule has 2 amide bonds. The van der Waals surface area contributed by atoms with Gasteiger partial charge in [-0.2, -0.15) is 11.8 Å². The van der Waals surface area contributed by atoms with E-state index >= 15 is 0 Å². The van der Waals surface area contributed by atoms with Gasteiger partial charge in [-0.25, -0.2) is 4.79 Å². The van der Waals surface area contributed by atoms with Gasteiger partial charge in [-0.15, -0.1) is 0 Å². The summed E-state index contributed by atoms with van der Waals surface area (Å²) < 4.78 is 0. The number of carbonyl (C=O) groups excluding carboxylic acids is 2. The number of hydrogen-bond acceptors (Lipinski definition) is 4. The van der Waals surface area contributed by atoms with Crippen LogP contribution in [0, 0.1) is 0 Å². The molecular weight excluding hydrogens is 244 g/mol. The van der Waals surface area contributed by atoms with Gasteiger partial charge in [0.2, 0.25) is 11.8 Å². The number of nitrogens with zero attached hydrogens (tertiary/aromatic N) is 1. The van der Waals surface area contributed by atoms with Crippen LogP contribution < -0.4 is 5.73 Å². The monoisotopic (exact) mass is 262 g/mol. The van der Waals surface area contributed by atoms with Crippen molar-refractivity contribution in [1.82, 2.24) is 4.90 Å². The number of nitrogens with two attached hydrogens (primary N) is 1.